The maximum absolute atomic E-state index is 11.4. The Labute approximate surface area is 95.6 Å². The Morgan fingerprint density at radius 3 is 2.25 bits per heavy atom. The number of nitrogens with one attached hydrogen (secondary N) is 1. The van der Waals surface area contributed by atoms with E-state index in [2.05, 4.69) is 5.32 Å². The summed E-state index contributed by atoms with van der Waals surface area (Å²) >= 11 is 0. The standard InChI is InChI=1S/C9H18N2O4S/c1-8(2,3)15-7(12)11-9(4-5-9)6-16(10,13)14/h4-6H2,1-3H3,(H,11,12)(H2,10,13,14). The summed E-state index contributed by atoms with van der Waals surface area (Å²) < 4.78 is 26.9. The lowest BCUT2D eigenvalue weighted by molar-refractivity contribution is 0.0502. The molecule has 1 fully saturated rings. The molecule has 0 atom stereocenters. The van der Waals surface area contributed by atoms with Gasteiger partial charge < -0.3 is 10.1 Å². The second-order valence-electron chi connectivity index (χ2n) is 5.21. The third-order valence-electron chi connectivity index (χ3n) is 2.10. The highest BCUT2D eigenvalue weighted by molar-refractivity contribution is 7.89. The molecule has 1 amide bonds. The van der Waals surface area contributed by atoms with Gasteiger partial charge in [0.15, 0.2) is 0 Å². The average Bonchev–Trinajstić information content (AvgIpc) is 2.58. The van der Waals surface area contributed by atoms with Crippen LogP contribution in [0.3, 0.4) is 0 Å². The van der Waals surface area contributed by atoms with E-state index in [1.54, 1.807) is 20.8 Å². The molecule has 1 rings (SSSR count). The smallest absolute Gasteiger partial charge is 0.408 e. The van der Waals surface area contributed by atoms with Gasteiger partial charge in [0.25, 0.3) is 0 Å². The summed E-state index contributed by atoms with van der Waals surface area (Å²) in [6.07, 6.45) is 0.624. The van der Waals surface area contributed by atoms with Crippen LogP contribution in [0.25, 0.3) is 0 Å². The number of hydrogen-bond acceptors (Lipinski definition) is 4. The van der Waals surface area contributed by atoms with E-state index in [-0.39, 0.29) is 5.75 Å². The van der Waals surface area contributed by atoms with E-state index in [4.69, 9.17) is 9.88 Å². The maximum Gasteiger partial charge on any atom is 0.408 e. The molecule has 0 radical (unpaired) electrons. The fraction of sp³-hybridized carbons (Fsp3) is 0.889. The van der Waals surface area contributed by atoms with Crippen molar-refractivity contribution in [2.75, 3.05) is 5.75 Å². The third kappa shape index (κ3) is 4.80. The number of nitrogens with two attached hydrogens (primary N) is 1. The van der Waals surface area contributed by atoms with Gasteiger partial charge in [0, 0.05) is 0 Å². The Morgan fingerprint density at radius 2 is 1.94 bits per heavy atom. The predicted octanol–water partition coefficient (Wildman–Crippen LogP) is 0.332. The highest BCUT2D eigenvalue weighted by Gasteiger charge is 2.47. The van der Waals surface area contributed by atoms with Crippen LogP contribution >= 0.6 is 0 Å². The van der Waals surface area contributed by atoms with Gasteiger partial charge in [-0.3, -0.25) is 0 Å². The van der Waals surface area contributed by atoms with Gasteiger partial charge in [-0.15, -0.1) is 0 Å². The molecule has 94 valence electrons. The summed E-state index contributed by atoms with van der Waals surface area (Å²) in [4.78, 5) is 11.4. The molecule has 1 aliphatic carbocycles. The monoisotopic (exact) mass is 250 g/mol. The van der Waals surface area contributed by atoms with Crippen molar-refractivity contribution in [2.24, 2.45) is 5.14 Å². The van der Waals surface area contributed by atoms with E-state index in [9.17, 15) is 13.2 Å². The minimum Gasteiger partial charge on any atom is -0.444 e. The Balaban J connectivity index is 2.52. The van der Waals surface area contributed by atoms with Crippen LogP contribution < -0.4 is 10.5 Å². The molecule has 0 saturated heterocycles. The van der Waals surface area contributed by atoms with Crippen molar-refractivity contribution in [3.8, 4) is 0 Å². The Kier molecular flexibility index (Phi) is 3.22. The first-order valence-electron chi connectivity index (χ1n) is 5.03. The van der Waals surface area contributed by atoms with E-state index in [0.29, 0.717) is 12.8 Å². The number of carbonyl (C=O) groups excluding carboxylic acids is 1. The number of rotatable bonds is 3. The zero-order chi connectivity index (χ0) is 12.6. The first kappa shape index (κ1) is 13.2. The van der Waals surface area contributed by atoms with E-state index < -0.39 is 27.3 Å². The minimum absolute atomic E-state index is 0.237. The number of ether oxygens (including phenoxy) is 1. The molecule has 0 aromatic carbocycles. The molecule has 0 aromatic heterocycles. The van der Waals surface area contributed by atoms with Crippen LogP contribution in [-0.4, -0.2) is 31.4 Å². The second-order valence-corrected chi connectivity index (χ2v) is 6.83. The van der Waals surface area contributed by atoms with Gasteiger partial charge in [0.2, 0.25) is 10.0 Å². The molecular formula is C9H18N2O4S. The first-order valence-corrected chi connectivity index (χ1v) is 6.75. The van der Waals surface area contributed by atoms with Crippen molar-refractivity contribution in [1.29, 1.82) is 0 Å². The van der Waals surface area contributed by atoms with Gasteiger partial charge in [-0.25, -0.2) is 18.4 Å². The van der Waals surface area contributed by atoms with Gasteiger partial charge >= 0.3 is 6.09 Å². The van der Waals surface area contributed by atoms with Crippen LogP contribution in [0.15, 0.2) is 0 Å². The lowest BCUT2D eigenvalue weighted by Crippen LogP contribution is -2.45. The molecule has 1 aliphatic rings. The van der Waals surface area contributed by atoms with E-state index in [1.165, 1.54) is 0 Å². The number of amides is 1. The van der Waals surface area contributed by atoms with Crippen LogP contribution in [-0.2, 0) is 14.8 Å². The van der Waals surface area contributed by atoms with Gasteiger partial charge in [0.05, 0.1) is 11.3 Å². The quantitative estimate of drug-likeness (QED) is 0.754. The summed E-state index contributed by atoms with van der Waals surface area (Å²) in [6.45, 7) is 5.23. The predicted molar refractivity (Wildman–Crippen MR) is 59.3 cm³/mol. The molecule has 7 heteroatoms. The lowest BCUT2D eigenvalue weighted by Gasteiger charge is -2.22. The minimum atomic E-state index is -3.58. The van der Waals surface area contributed by atoms with Crippen molar-refractivity contribution >= 4 is 16.1 Å². The summed E-state index contributed by atoms with van der Waals surface area (Å²) in [5.41, 5.74) is -1.31. The fourth-order valence-electron chi connectivity index (χ4n) is 1.36. The molecule has 0 aliphatic heterocycles. The molecule has 16 heavy (non-hydrogen) atoms. The van der Waals surface area contributed by atoms with Gasteiger partial charge in [-0.1, -0.05) is 0 Å². The molecule has 0 spiro atoms. The molecule has 0 heterocycles. The Morgan fingerprint density at radius 1 is 1.44 bits per heavy atom. The van der Waals surface area contributed by atoms with E-state index >= 15 is 0 Å². The number of carbonyl (C=O) groups is 1. The molecule has 0 bridgehead atoms. The topological polar surface area (TPSA) is 98.5 Å². The van der Waals surface area contributed by atoms with Crippen LogP contribution in [0.4, 0.5) is 4.79 Å². The highest BCUT2D eigenvalue weighted by atomic mass is 32.2. The highest BCUT2D eigenvalue weighted by Crippen LogP contribution is 2.36. The van der Waals surface area contributed by atoms with Gasteiger partial charge in [0.1, 0.15) is 5.60 Å². The average molecular weight is 250 g/mol. The van der Waals surface area contributed by atoms with Crippen molar-refractivity contribution in [1.82, 2.24) is 5.32 Å². The van der Waals surface area contributed by atoms with Crippen molar-refractivity contribution in [3.63, 3.8) is 0 Å². The number of sulfonamides is 1. The molecule has 1 saturated carbocycles. The molecule has 3 N–H and O–H groups in total. The largest absolute Gasteiger partial charge is 0.444 e. The van der Waals surface area contributed by atoms with Crippen molar-refractivity contribution in [2.45, 2.75) is 44.8 Å². The summed E-state index contributed by atoms with van der Waals surface area (Å²) in [6, 6.07) is 0. The Bertz CT molecular complexity index is 379. The third-order valence-corrected chi connectivity index (χ3v) is 3.05. The van der Waals surface area contributed by atoms with Crippen molar-refractivity contribution < 1.29 is 17.9 Å². The van der Waals surface area contributed by atoms with Crippen LogP contribution in [0, 0.1) is 0 Å². The summed E-state index contributed by atoms with van der Waals surface area (Å²) in [5, 5.41) is 7.50. The lowest BCUT2D eigenvalue weighted by atomic mass is 10.2. The molecule has 0 unspecified atom stereocenters. The Hall–Kier alpha value is -0.820. The van der Waals surface area contributed by atoms with Gasteiger partial charge in [-0.2, -0.15) is 0 Å². The second kappa shape index (κ2) is 3.89. The summed E-state index contributed by atoms with van der Waals surface area (Å²) in [5.74, 6) is -0.237. The number of alkyl carbamates (subject to hydrolysis) is 1. The zero-order valence-electron chi connectivity index (χ0n) is 9.74. The fourth-order valence-corrected chi connectivity index (χ4v) is 2.49. The molecule has 6 nitrogen and oxygen atoms in total. The van der Waals surface area contributed by atoms with E-state index in [1.807, 2.05) is 0 Å². The van der Waals surface area contributed by atoms with Crippen LogP contribution in [0.1, 0.15) is 33.6 Å². The molecular weight excluding hydrogens is 232 g/mol. The summed E-state index contributed by atoms with van der Waals surface area (Å²) in [7, 11) is -3.58. The van der Waals surface area contributed by atoms with Gasteiger partial charge in [-0.05, 0) is 33.6 Å². The maximum atomic E-state index is 11.4. The van der Waals surface area contributed by atoms with Crippen LogP contribution in [0.2, 0.25) is 0 Å². The molecule has 0 aromatic rings. The SMILES string of the molecule is CC(C)(C)OC(=O)NC1(CS(N)(=O)=O)CC1. The van der Waals surface area contributed by atoms with E-state index in [0.717, 1.165) is 0 Å². The zero-order valence-corrected chi connectivity index (χ0v) is 10.6. The number of hydrogen-bond donors (Lipinski definition) is 2. The number of primary sulfonamides is 1. The van der Waals surface area contributed by atoms with Crippen LogP contribution in [0.5, 0.6) is 0 Å². The van der Waals surface area contributed by atoms with Crippen molar-refractivity contribution in [3.05, 3.63) is 0 Å². The first-order chi connectivity index (χ1) is 7.02. The normalized spacial score (nSPS) is 19.0.